The summed E-state index contributed by atoms with van der Waals surface area (Å²) in [5, 5.41) is 3.20. The van der Waals surface area contributed by atoms with Gasteiger partial charge in [0, 0.05) is 12.7 Å². The molecule has 0 bridgehead atoms. The molecule has 0 unspecified atom stereocenters. The maximum atomic E-state index is 5.53. The van der Waals surface area contributed by atoms with Gasteiger partial charge in [-0.3, -0.25) is 0 Å². The van der Waals surface area contributed by atoms with Gasteiger partial charge in [-0.1, -0.05) is 24.3 Å². The molecular weight excluding hydrogens is 250 g/mol. The fraction of sp³-hybridized carbons (Fsp3) is 0.294. The molecule has 1 aliphatic rings. The number of methoxy groups -OCH3 is 1. The molecule has 2 aromatic rings. The van der Waals surface area contributed by atoms with E-state index in [2.05, 4.69) is 41.7 Å². The van der Waals surface area contributed by atoms with E-state index in [1.165, 1.54) is 11.1 Å². The first-order chi connectivity index (χ1) is 9.78. The fourth-order valence-corrected chi connectivity index (χ4v) is 2.70. The summed E-state index contributed by atoms with van der Waals surface area (Å²) in [6.07, 6.45) is 0. The summed E-state index contributed by atoms with van der Waals surface area (Å²) in [7, 11) is 3.64. The maximum Gasteiger partial charge on any atom is 0.119 e. The Morgan fingerprint density at radius 2 is 1.75 bits per heavy atom. The lowest BCUT2D eigenvalue weighted by Gasteiger charge is -2.42. The van der Waals surface area contributed by atoms with Crippen molar-refractivity contribution >= 4 is 5.69 Å². The van der Waals surface area contributed by atoms with Gasteiger partial charge in [-0.2, -0.15) is 0 Å². The molecule has 0 saturated carbocycles. The van der Waals surface area contributed by atoms with Crippen molar-refractivity contribution in [3.63, 3.8) is 0 Å². The summed E-state index contributed by atoms with van der Waals surface area (Å²) in [6.45, 7) is 1.43. The van der Waals surface area contributed by atoms with Crippen LogP contribution in [0.25, 0.3) is 0 Å². The van der Waals surface area contributed by atoms with E-state index in [9.17, 15) is 0 Å². The molecule has 2 aromatic carbocycles. The van der Waals surface area contributed by atoms with Crippen LogP contribution in [0.1, 0.15) is 11.1 Å². The van der Waals surface area contributed by atoms with Gasteiger partial charge in [0.25, 0.3) is 0 Å². The molecule has 104 valence electrons. The molecule has 0 aliphatic carbocycles. The van der Waals surface area contributed by atoms with Crippen LogP contribution in [0.3, 0.4) is 0 Å². The number of hydrogen-bond acceptors (Lipinski definition) is 3. The van der Waals surface area contributed by atoms with Gasteiger partial charge in [0.15, 0.2) is 0 Å². The molecule has 3 heteroatoms. The van der Waals surface area contributed by atoms with Gasteiger partial charge in [-0.05, 0) is 35.4 Å². The van der Waals surface area contributed by atoms with Crippen LogP contribution in [0.5, 0.6) is 5.75 Å². The van der Waals surface area contributed by atoms with Crippen LogP contribution in [-0.4, -0.2) is 27.4 Å². The lowest BCUT2D eigenvalue weighted by Crippen LogP contribution is -2.47. The first kappa shape index (κ1) is 13.0. The van der Waals surface area contributed by atoms with Gasteiger partial charge in [-0.25, -0.2) is 0 Å². The van der Waals surface area contributed by atoms with Crippen LogP contribution in [-0.2, 0) is 10.2 Å². The van der Waals surface area contributed by atoms with E-state index in [1.54, 1.807) is 7.11 Å². The summed E-state index contributed by atoms with van der Waals surface area (Å²) in [6, 6.07) is 16.8. The summed E-state index contributed by atoms with van der Waals surface area (Å²) in [5.74, 6) is 0.888. The molecule has 0 aromatic heterocycles. The average molecular weight is 269 g/mol. The van der Waals surface area contributed by atoms with Gasteiger partial charge in [0.05, 0.1) is 25.7 Å². The van der Waals surface area contributed by atoms with Crippen molar-refractivity contribution in [1.82, 2.24) is 0 Å². The van der Waals surface area contributed by atoms with Crippen LogP contribution in [0.4, 0.5) is 5.69 Å². The molecule has 1 fully saturated rings. The highest BCUT2D eigenvalue weighted by molar-refractivity contribution is 5.52. The zero-order chi connectivity index (χ0) is 14.0. The molecule has 1 heterocycles. The molecule has 0 amide bonds. The summed E-state index contributed by atoms with van der Waals surface area (Å²) in [4.78, 5) is 0. The third kappa shape index (κ3) is 2.04. The van der Waals surface area contributed by atoms with Crippen LogP contribution in [0.2, 0.25) is 0 Å². The number of rotatable bonds is 4. The smallest absolute Gasteiger partial charge is 0.119 e. The van der Waals surface area contributed by atoms with Gasteiger partial charge < -0.3 is 14.8 Å². The first-order valence-corrected chi connectivity index (χ1v) is 6.79. The Kier molecular flexibility index (Phi) is 3.36. The zero-order valence-corrected chi connectivity index (χ0v) is 11.8. The van der Waals surface area contributed by atoms with E-state index in [4.69, 9.17) is 9.47 Å². The Morgan fingerprint density at radius 1 is 1.05 bits per heavy atom. The Balaban J connectivity index is 2.05. The van der Waals surface area contributed by atoms with E-state index in [0.29, 0.717) is 13.2 Å². The van der Waals surface area contributed by atoms with Crippen molar-refractivity contribution in [3.8, 4) is 5.75 Å². The Hall–Kier alpha value is -2.00. The third-order valence-corrected chi connectivity index (χ3v) is 4.02. The molecule has 20 heavy (non-hydrogen) atoms. The molecule has 1 saturated heterocycles. The standard InChI is InChI=1S/C17H19NO2/c1-18-15-7-3-5-13(9-15)17(11-20-12-17)14-6-4-8-16(10-14)19-2/h3-10,18H,11-12H2,1-2H3. The van der Waals surface area contributed by atoms with Crippen LogP contribution in [0.15, 0.2) is 48.5 Å². The zero-order valence-electron chi connectivity index (χ0n) is 11.8. The van der Waals surface area contributed by atoms with E-state index in [0.717, 1.165) is 11.4 Å². The predicted molar refractivity (Wildman–Crippen MR) is 80.6 cm³/mol. The second kappa shape index (κ2) is 5.17. The van der Waals surface area contributed by atoms with Crippen molar-refractivity contribution < 1.29 is 9.47 Å². The second-order valence-electron chi connectivity index (χ2n) is 5.14. The van der Waals surface area contributed by atoms with Gasteiger partial charge in [0.2, 0.25) is 0 Å². The minimum Gasteiger partial charge on any atom is -0.497 e. The quantitative estimate of drug-likeness (QED) is 0.925. The highest BCUT2D eigenvalue weighted by Gasteiger charge is 2.42. The molecule has 0 spiro atoms. The summed E-state index contributed by atoms with van der Waals surface area (Å²) in [5.41, 5.74) is 3.60. The molecule has 3 nitrogen and oxygen atoms in total. The Labute approximate surface area is 119 Å². The molecular formula is C17H19NO2. The second-order valence-corrected chi connectivity index (χ2v) is 5.14. The molecule has 1 N–H and O–H groups in total. The van der Waals surface area contributed by atoms with Crippen molar-refractivity contribution in [3.05, 3.63) is 59.7 Å². The highest BCUT2D eigenvalue weighted by Crippen LogP contribution is 2.40. The van der Waals surface area contributed by atoms with Crippen LogP contribution < -0.4 is 10.1 Å². The normalized spacial score (nSPS) is 16.3. The van der Waals surface area contributed by atoms with Crippen LogP contribution >= 0.6 is 0 Å². The SMILES string of the molecule is CNc1cccc(C2(c3cccc(OC)c3)COC2)c1. The van der Waals surface area contributed by atoms with Gasteiger partial charge >= 0.3 is 0 Å². The van der Waals surface area contributed by atoms with Crippen molar-refractivity contribution in [2.24, 2.45) is 0 Å². The van der Waals surface area contributed by atoms with Crippen molar-refractivity contribution in [1.29, 1.82) is 0 Å². The number of hydrogen-bond donors (Lipinski definition) is 1. The Morgan fingerprint density at radius 3 is 2.35 bits per heavy atom. The topological polar surface area (TPSA) is 30.5 Å². The molecule has 3 rings (SSSR count). The molecule has 1 aliphatic heterocycles. The predicted octanol–water partition coefficient (Wildman–Crippen LogP) is 3.05. The minimum absolute atomic E-state index is 0.0542. The van der Waals surface area contributed by atoms with Crippen molar-refractivity contribution in [2.75, 3.05) is 32.7 Å². The monoisotopic (exact) mass is 269 g/mol. The Bertz CT molecular complexity index is 556. The van der Waals surface area contributed by atoms with Gasteiger partial charge in [-0.15, -0.1) is 0 Å². The lowest BCUT2D eigenvalue weighted by atomic mass is 9.73. The lowest BCUT2D eigenvalue weighted by molar-refractivity contribution is -0.0380. The van der Waals surface area contributed by atoms with E-state index < -0.39 is 0 Å². The summed E-state index contributed by atoms with van der Waals surface area (Å²) < 4.78 is 10.9. The average Bonchev–Trinajstić information content (AvgIpc) is 2.47. The molecule has 0 atom stereocenters. The largest absolute Gasteiger partial charge is 0.497 e. The van der Waals surface area contributed by atoms with E-state index >= 15 is 0 Å². The minimum atomic E-state index is -0.0542. The van der Waals surface area contributed by atoms with Gasteiger partial charge in [0.1, 0.15) is 5.75 Å². The van der Waals surface area contributed by atoms with Crippen LogP contribution in [0, 0.1) is 0 Å². The highest BCUT2D eigenvalue weighted by atomic mass is 16.5. The number of ether oxygens (including phenoxy) is 2. The number of benzene rings is 2. The van der Waals surface area contributed by atoms with E-state index in [-0.39, 0.29) is 5.41 Å². The fourth-order valence-electron chi connectivity index (χ4n) is 2.70. The molecule has 0 radical (unpaired) electrons. The summed E-state index contributed by atoms with van der Waals surface area (Å²) >= 11 is 0. The first-order valence-electron chi connectivity index (χ1n) is 6.79. The van der Waals surface area contributed by atoms with E-state index in [1.807, 2.05) is 19.2 Å². The number of anilines is 1. The van der Waals surface area contributed by atoms with Crippen molar-refractivity contribution in [2.45, 2.75) is 5.41 Å². The maximum absolute atomic E-state index is 5.53. The third-order valence-electron chi connectivity index (χ3n) is 4.02. The number of nitrogens with one attached hydrogen (secondary N) is 1.